The first-order valence-electron chi connectivity index (χ1n) is 5.94. The normalized spacial score (nSPS) is 19.2. The fraction of sp³-hybridized carbons (Fsp3) is 0.538. The largest absolute Gasteiger partial charge is 0.388 e. The molecule has 2 N–H and O–H groups in total. The highest BCUT2D eigenvalue weighted by Gasteiger charge is 2.29. The summed E-state index contributed by atoms with van der Waals surface area (Å²) in [4.78, 5) is 0. The summed E-state index contributed by atoms with van der Waals surface area (Å²) in [5.74, 6) is 0. The summed E-state index contributed by atoms with van der Waals surface area (Å²) in [5.41, 5.74) is 0.614. The van der Waals surface area contributed by atoms with Crippen molar-refractivity contribution in [2.24, 2.45) is 0 Å². The maximum atomic E-state index is 10.3. The van der Waals surface area contributed by atoms with E-state index >= 15 is 0 Å². The number of halogens is 1. The van der Waals surface area contributed by atoms with E-state index in [2.05, 4.69) is 27.3 Å². The molecule has 0 unspecified atom stereocenters. The van der Waals surface area contributed by atoms with E-state index < -0.39 is 5.60 Å². The third-order valence-corrected chi connectivity index (χ3v) is 3.92. The molecule has 0 aliphatic carbocycles. The van der Waals surface area contributed by atoms with Gasteiger partial charge in [0.25, 0.3) is 0 Å². The fourth-order valence-electron chi connectivity index (χ4n) is 2.00. The molecule has 1 heterocycles. The molecule has 0 saturated carbocycles. The van der Waals surface area contributed by atoms with Crippen LogP contribution < -0.4 is 5.32 Å². The molecule has 3 nitrogen and oxygen atoms in total. The Hall–Kier alpha value is -0.420. The molecule has 0 aromatic heterocycles. The molecule has 0 spiro atoms. The van der Waals surface area contributed by atoms with Crippen molar-refractivity contribution in [1.29, 1.82) is 0 Å². The Labute approximate surface area is 110 Å². The zero-order chi connectivity index (χ0) is 12.1. The summed E-state index contributed by atoms with van der Waals surface area (Å²) < 4.78 is 6.36. The Bertz CT molecular complexity index is 364. The molecule has 1 fully saturated rings. The van der Waals surface area contributed by atoms with Gasteiger partial charge in [-0.25, -0.2) is 0 Å². The molecule has 1 aromatic rings. The van der Waals surface area contributed by atoms with Crippen molar-refractivity contribution in [2.45, 2.75) is 25.0 Å². The number of aliphatic hydroxyl groups is 1. The van der Waals surface area contributed by atoms with E-state index in [-0.39, 0.29) is 0 Å². The molecule has 1 aliphatic rings. The molecular formula is C13H18BrNO2. The number of ether oxygens (including phenoxy) is 1. The second kappa shape index (κ2) is 5.96. The van der Waals surface area contributed by atoms with Crippen LogP contribution in [0.5, 0.6) is 0 Å². The van der Waals surface area contributed by atoms with Crippen molar-refractivity contribution < 1.29 is 9.84 Å². The van der Waals surface area contributed by atoms with Crippen LogP contribution in [-0.4, -0.2) is 30.5 Å². The highest BCUT2D eigenvalue weighted by Crippen LogP contribution is 2.20. The van der Waals surface area contributed by atoms with E-state index in [0.717, 1.165) is 23.9 Å². The Morgan fingerprint density at radius 1 is 1.29 bits per heavy atom. The van der Waals surface area contributed by atoms with E-state index in [1.165, 1.54) is 5.56 Å². The minimum absolute atomic E-state index is 0.598. The van der Waals surface area contributed by atoms with Crippen LogP contribution in [0.2, 0.25) is 0 Å². The molecule has 94 valence electrons. The minimum Gasteiger partial charge on any atom is -0.388 e. The Morgan fingerprint density at radius 3 is 2.71 bits per heavy atom. The van der Waals surface area contributed by atoms with Crippen molar-refractivity contribution in [3.05, 3.63) is 34.3 Å². The topological polar surface area (TPSA) is 41.5 Å². The van der Waals surface area contributed by atoms with Crippen molar-refractivity contribution in [1.82, 2.24) is 5.32 Å². The second-order valence-corrected chi connectivity index (χ2v) is 5.39. The smallest absolute Gasteiger partial charge is 0.0815 e. The lowest BCUT2D eigenvalue weighted by Gasteiger charge is -2.32. The molecule has 1 saturated heterocycles. The Kier molecular flexibility index (Phi) is 4.56. The average molecular weight is 300 g/mol. The van der Waals surface area contributed by atoms with Crippen LogP contribution in [0, 0.1) is 0 Å². The summed E-state index contributed by atoms with van der Waals surface area (Å²) in [6.45, 7) is 2.71. The standard InChI is InChI=1S/C13H18BrNO2/c14-12-4-2-1-3-11(12)9-15-10-13(16)5-7-17-8-6-13/h1-4,15-16H,5-10H2. The van der Waals surface area contributed by atoms with Gasteiger partial charge in [-0.15, -0.1) is 0 Å². The predicted octanol–water partition coefficient (Wildman–Crippen LogP) is 2.08. The van der Waals surface area contributed by atoms with Gasteiger partial charge in [0.1, 0.15) is 0 Å². The number of rotatable bonds is 4. The zero-order valence-corrected chi connectivity index (χ0v) is 11.4. The molecule has 0 radical (unpaired) electrons. The Morgan fingerprint density at radius 2 is 2.00 bits per heavy atom. The van der Waals surface area contributed by atoms with Gasteiger partial charge in [0.15, 0.2) is 0 Å². The van der Waals surface area contributed by atoms with Crippen molar-refractivity contribution in [3.8, 4) is 0 Å². The molecule has 1 aliphatic heterocycles. The average Bonchev–Trinajstić information content (AvgIpc) is 2.32. The van der Waals surface area contributed by atoms with E-state index in [0.29, 0.717) is 19.8 Å². The van der Waals surface area contributed by atoms with Crippen molar-refractivity contribution in [3.63, 3.8) is 0 Å². The van der Waals surface area contributed by atoms with Crippen LogP contribution in [0.1, 0.15) is 18.4 Å². The van der Waals surface area contributed by atoms with Crippen LogP contribution in [0.25, 0.3) is 0 Å². The summed E-state index contributed by atoms with van der Waals surface area (Å²) in [5, 5.41) is 13.6. The second-order valence-electron chi connectivity index (χ2n) is 4.53. The maximum Gasteiger partial charge on any atom is 0.0815 e. The zero-order valence-electron chi connectivity index (χ0n) is 9.79. The number of hydrogen-bond acceptors (Lipinski definition) is 3. The monoisotopic (exact) mass is 299 g/mol. The van der Waals surface area contributed by atoms with Gasteiger partial charge in [-0.3, -0.25) is 0 Å². The molecular weight excluding hydrogens is 282 g/mol. The van der Waals surface area contributed by atoms with E-state index in [1.54, 1.807) is 0 Å². The Balaban J connectivity index is 1.81. The van der Waals surface area contributed by atoms with E-state index in [9.17, 15) is 5.11 Å². The quantitative estimate of drug-likeness (QED) is 0.894. The fourth-order valence-corrected chi connectivity index (χ4v) is 2.42. The summed E-state index contributed by atoms with van der Waals surface area (Å²) >= 11 is 3.51. The SMILES string of the molecule is OC1(CNCc2ccccc2Br)CCOCC1. The van der Waals surface area contributed by atoms with Gasteiger partial charge in [0.05, 0.1) is 5.60 Å². The van der Waals surface area contributed by atoms with Gasteiger partial charge < -0.3 is 15.2 Å². The lowest BCUT2D eigenvalue weighted by atomic mass is 9.94. The number of hydrogen-bond donors (Lipinski definition) is 2. The van der Waals surface area contributed by atoms with Gasteiger partial charge in [0.2, 0.25) is 0 Å². The first-order chi connectivity index (χ1) is 8.20. The van der Waals surface area contributed by atoms with E-state index in [4.69, 9.17) is 4.74 Å². The molecule has 0 bridgehead atoms. The van der Waals surface area contributed by atoms with Gasteiger partial charge >= 0.3 is 0 Å². The predicted molar refractivity (Wildman–Crippen MR) is 70.9 cm³/mol. The third-order valence-electron chi connectivity index (χ3n) is 3.15. The first-order valence-corrected chi connectivity index (χ1v) is 6.73. The van der Waals surface area contributed by atoms with Crippen LogP contribution in [-0.2, 0) is 11.3 Å². The van der Waals surface area contributed by atoms with Crippen molar-refractivity contribution in [2.75, 3.05) is 19.8 Å². The first kappa shape index (κ1) is 13.0. The number of benzene rings is 1. The maximum absolute atomic E-state index is 10.3. The molecule has 0 amide bonds. The van der Waals surface area contributed by atoms with Crippen molar-refractivity contribution >= 4 is 15.9 Å². The molecule has 1 aromatic carbocycles. The van der Waals surface area contributed by atoms with Crippen LogP contribution in [0.4, 0.5) is 0 Å². The van der Waals surface area contributed by atoms with Crippen LogP contribution in [0.3, 0.4) is 0 Å². The highest BCUT2D eigenvalue weighted by molar-refractivity contribution is 9.10. The third kappa shape index (κ3) is 3.78. The van der Waals surface area contributed by atoms with Crippen LogP contribution >= 0.6 is 15.9 Å². The molecule has 2 rings (SSSR count). The van der Waals surface area contributed by atoms with Crippen LogP contribution in [0.15, 0.2) is 28.7 Å². The van der Waals surface area contributed by atoms with Gasteiger partial charge in [-0.2, -0.15) is 0 Å². The molecule has 4 heteroatoms. The minimum atomic E-state index is -0.598. The lowest BCUT2D eigenvalue weighted by molar-refractivity contribution is -0.0617. The van der Waals surface area contributed by atoms with Gasteiger partial charge in [-0.1, -0.05) is 34.1 Å². The lowest BCUT2D eigenvalue weighted by Crippen LogP contribution is -2.44. The highest BCUT2D eigenvalue weighted by atomic mass is 79.9. The van der Waals surface area contributed by atoms with E-state index in [1.807, 2.05) is 18.2 Å². The summed E-state index contributed by atoms with van der Waals surface area (Å²) in [6.07, 6.45) is 1.44. The van der Waals surface area contributed by atoms with Gasteiger partial charge in [0, 0.05) is 43.6 Å². The summed E-state index contributed by atoms with van der Waals surface area (Å²) in [6, 6.07) is 8.12. The summed E-state index contributed by atoms with van der Waals surface area (Å²) in [7, 11) is 0. The van der Waals surface area contributed by atoms with Gasteiger partial charge in [-0.05, 0) is 11.6 Å². The molecule has 0 atom stereocenters. The number of nitrogens with one attached hydrogen (secondary N) is 1. The molecule has 17 heavy (non-hydrogen) atoms.